The lowest BCUT2D eigenvalue weighted by Gasteiger charge is -2.14. The molecule has 0 amide bonds. The van der Waals surface area contributed by atoms with Crippen molar-refractivity contribution in [3.8, 4) is 0 Å². The summed E-state index contributed by atoms with van der Waals surface area (Å²) in [6.45, 7) is 7.86. The Morgan fingerprint density at radius 3 is 2.85 bits per heavy atom. The van der Waals surface area contributed by atoms with Crippen LogP contribution in [0.2, 0.25) is 0 Å². The summed E-state index contributed by atoms with van der Waals surface area (Å²) in [5.74, 6) is 0. The second-order valence-corrected chi connectivity index (χ2v) is 5.50. The first-order chi connectivity index (χ1) is 9.54. The number of hydrogen-bond acceptors (Lipinski definition) is 4. The van der Waals surface area contributed by atoms with Crippen molar-refractivity contribution in [1.82, 2.24) is 10.3 Å². The molecule has 20 heavy (non-hydrogen) atoms. The topological polar surface area (TPSA) is 41.3 Å². The van der Waals surface area contributed by atoms with Gasteiger partial charge in [-0.3, -0.25) is 0 Å². The first-order valence-corrected chi connectivity index (χ1v) is 6.99. The summed E-state index contributed by atoms with van der Waals surface area (Å²) in [4.78, 5) is 6.52. The molecule has 0 aliphatic heterocycles. The van der Waals surface area contributed by atoms with Crippen LogP contribution in [0.25, 0.3) is 0 Å². The van der Waals surface area contributed by atoms with Crippen LogP contribution in [-0.4, -0.2) is 18.1 Å². The van der Waals surface area contributed by atoms with Gasteiger partial charge >= 0.3 is 0 Å². The predicted octanol–water partition coefficient (Wildman–Crippen LogP) is 3.12. The highest BCUT2D eigenvalue weighted by molar-refractivity contribution is 5.30. The van der Waals surface area contributed by atoms with E-state index in [-0.39, 0.29) is 0 Å². The van der Waals surface area contributed by atoms with Crippen LogP contribution in [0.4, 0.5) is 6.01 Å². The van der Waals surface area contributed by atoms with Crippen LogP contribution in [0.3, 0.4) is 0 Å². The summed E-state index contributed by atoms with van der Waals surface area (Å²) in [5.41, 5.74) is 3.46. The van der Waals surface area contributed by atoms with Gasteiger partial charge in [0.1, 0.15) is 6.26 Å². The van der Waals surface area contributed by atoms with Gasteiger partial charge < -0.3 is 14.6 Å². The van der Waals surface area contributed by atoms with E-state index >= 15 is 0 Å². The highest BCUT2D eigenvalue weighted by Gasteiger charge is 2.10. The standard InChI is InChI=1S/C16H23N3O/c1-12(2)17-9-15-11-20-16(18-15)19(4)10-14-7-5-6-13(3)8-14/h5-8,11-12,17H,9-10H2,1-4H3. The summed E-state index contributed by atoms with van der Waals surface area (Å²) in [5, 5.41) is 3.33. The smallest absolute Gasteiger partial charge is 0.297 e. The third-order valence-corrected chi connectivity index (χ3v) is 3.06. The van der Waals surface area contributed by atoms with Gasteiger partial charge in [-0.1, -0.05) is 43.7 Å². The second kappa shape index (κ2) is 6.57. The number of hydrogen-bond donors (Lipinski definition) is 1. The zero-order chi connectivity index (χ0) is 14.5. The van der Waals surface area contributed by atoms with Gasteiger partial charge in [-0.25, -0.2) is 0 Å². The fraction of sp³-hybridized carbons (Fsp3) is 0.438. The largest absolute Gasteiger partial charge is 0.432 e. The Bertz CT molecular complexity index is 548. The predicted molar refractivity (Wildman–Crippen MR) is 81.8 cm³/mol. The number of aromatic nitrogens is 1. The Hall–Kier alpha value is -1.81. The molecule has 108 valence electrons. The van der Waals surface area contributed by atoms with E-state index in [0.717, 1.165) is 18.8 Å². The molecule has 0 saturated heterocycles. The minimum Gasteiger partial charge on any atom is -0.432 e. The summed E-state index contributed by atoms with van der Waals surface area (Å²) >= 11 is 0. The van der Waals surface area contributed by atoms with Gasteiger partial charge in [0.2, 0.25) is 0 Å². The average Bonchev–Trinajstić information content (AvgIpc) is 2.85. The highest BCUT2D eigenvalue weighted by atomic mass is 16.4. The Balaban J connectivity index is 1.97. The van der Waals surface area contributed by atoms with Gasteiger partial charge in [0.25, 0.3) is 6.01 Å². The van der Waals surface area contributed by atoms with E-state index in [4.69, 9.17) is 4.42 Å². The normalized spacial score (nSPS) is 11.1. The van der Waals surface area contributed by atoms with Crippen molar-refractivity contribution in [1.29, 1.82) is 0 Å². The molecule has 0 aliphatic rings. The Kier molecular flexibility index (Phi) is 4.79. The van der Waals surface area contributed by atoms with Crippen molar-refractivity contribution < 1.29 is 4.42 Å². The number of nitrogens with zero attached hydrogens (tertiary/aromatic N) is 2. The number of oxazole rings is 1. The van der Waals surface area contributed by atoms with Crippen molar-refractivity contribution in [2.24, 2.45) is 0 Å². The molecule has 0 radical (unpaired) electrons. The van der Waals surface area contributed by atoms with Crippen molar-refractivity contribution in [3.63, 3.8) is 0 Å². The molecular weight excluding hydrogens is 250 g/mol. The molecule has 0 atom stereocenters. The Morgan fingerprint density at radius 2 is 2.15 bits per heavy atom. The number of rotatable bonds is 6. The van der Waals surface area contributed by atoms with Gasteiger partial charge in [-0.15, -0.1) is 0 Å². The molecule has 2 rings (SSSR count). The molecule has 4 heteroatoms. The zero-order valence-corrected chi connectivity index (χ0v) is 12.7. The van der Waals surface area contributed by atoms with E-state index in [0.29, 0.717) is 12.1 Å². The minimum atomic E-state index is 0.445. The molecule has 1 heterocycles. The van der Waals surface area contributed by atoms with E-state index in [1.807, 2.05) is 11.9 Å². The maximum atomic E-state index is 5.54. The van der Waals surface area contributed by atoms with Crippen LogP contribution in [0.1, 0.15) is 30.7 Å². The lowest BCUT2D eigenvalue weighted by atomic mass is 10.1. The summed E-state index contributed by atoms with van der Waals surface area (Å²) in [6.07, 6.45) is 1.72. The second-order valence-electron chi connectivity index (χ2n) is 5.50. The molecule has 0 spiro atoms. The lowest BCUT2D eigenvalue weighted by Crippen LogP contribution is -2.22. The fourth-order valence-electron chi connectivity index (χ4n) is 2.01. The van der Waals surface area contributed by atoms with Gasteiger partial charge in [-0.2, -0.15) is 4.98 Å². The molecule has 1 aromatic carbocycles. The Labute approximate surface area is 120 Å². The van der Waals surface area contributed by atoms with Gasteiger partial charge in [-0.05, 0) is 12.5 Å². The fourth-order valence-corrected chi connectivity index (χ4v) is 2.01. The molecular formula is C16H23N3O. The minimum absolute atomic E-state index is 0.445. The van der Waals surface area contributed by atoms with Crippen molar-refractivity contribution >= 4 is 6.01 Å². The molecule has 1 N–H and O–H groups in total. The van der Waals surface area contributed by atoms with Gasteiger partial charge in [0.05, 0.1) is 5.69 Å². The quantitative estimate of drug-likeness (QED) is 0.878. The summed E-state index contributed by atoms with van der Waals surface area (Å²) < 4.78 is 5.54. The van der Waals surface area contributed by atoms with Crippen LogP contribution in [-0.2, 0) is 13.1 Å². The SMILES string of the molecule is Cc1cccc(CN(C)c2nc(CNC(C)C)co2)c1. The highest BCUT2D eigenvalue weighted by Crippen LogP contribution is 2.15. The molecule has 0 fully saturated rings. The molecule has 0 saturated carbocycles. The first kappa shape index (κ1) is 14.6. The third kappa shape index (κ3) is 4.10. The number of aryl methyl sites for hydroxylation is 1. The maximum absolute atomic E-state index is 5.54. The van der Waals surface area contributed by atoms with Crippen LogP contribution in [0.15, 0.2) is 34.9 Å². The first-order valence-electron chi connectivity index (χ1n) is 6.99. The average molecular weight is 273 g/mol. The molecule has 2 aromatic rings. The number of benzene rings is 1. The van der Waals surface area contributed by atoms with Crippen LogP contribution >= 0.6 is 0 Å². The third-order valence-electron chi connectivity index (χ3n) is 3.06. The van der Waals surface area contributed by atoms with E-state index in [9.17, 15) is 0 Å². The molecule has 0 bridgehead atoms. The Morgan fingerprint density at radius 1 is 1.35 bits per heavy atom. The lowest BCUT2D eigenvalue weighted by molar-refractivity contribution is 0.540. The van der Waals surface area contributed by atoms with Gasteiger partial charge in [0, 0.05) is 26.2 Å². The van der Waals surface area contributed by atoms with Crippen LogP contribution in [0, 0.1) is 6.92 Å². The molecule has 0 aliphatic carbocycles. The number of anilines is 1. The zero-order valence-electron chi connectivity index (χ0n) is 12.7. The molecule has 4 nitrogen and oxygen atoms in total. The van der Waals surface area contributed by atoms with Gasteiger partial charge in [0.15, 0.2) is 0 Å². The van der Waals surface area contributed by atoms with E-state index in [2.05, 4.69) is 55.3 Å². The van der Waals surface area contributed by atoms with E-state index < -0.39 is 0 Å². The van der Waals surface area contributed by atoms with Crippen LogP contribution < -0.4 is 10.2 Å². The van der Waals surface area contributed by atoms with Crippen molar-refractivity contribution in [2.45, 2.75) is 39.9 Å². The molecule has 1 aromatic heterocycles. The number of nitrogens with one attached hydrogen (secondary N) is 1. The van der Waals surface area contributed by atoms with E-state index in [1.54, 1.807) is 6.26 Å². The monoisotopic (exact) mass is 273 g/mol. The van der Waals surface area contributed by atoms with Crippen molar-refractivity contribution in [2.75, 3.05) is 11.9 Å². The van der Waals surface area contributed by atoms with Crippen LogP contribution in [0.5, 0.6) is 0 Å². The summed E-state index contributed by atoms with van der Waals surface area (Å²) in [7, 11) is 1.99. The maximum Gasteiger partial charge on any atom is 0.297 e. The van der Waals surface area contributed by atoms with Crippen molar-refractivity contribution in [3.05, 3.63) is 47.3 Å². The van der Waals surface area contributed by atoms with E-state index in [1.165, 1.54) is 11.1 Å². The molecule has 0 unspecified atom stereocenters. The summed E-state index contributed by atoms with van der Waals surface area (Å²) in [6, 6.07) is 9.58.